The van der Waals surface area contributed by atoms with Gasteiger partial charge in [-0.3, -0.25) is 38.6 Å². The SMILES string of the molecule is CN(C)[C@@H]1C(=O)C(C(N)=O)C(=O)[C@@]2(O)C(=O)C3C(=O)c4c(O)ccc(-c5cccc(C(=O)NCCN6CCOCC6)c5)c4CC3CC12. The third kappa shape index (κ3) is 5.36. The van der Waals surface area contributed by atoms with E-state index >= 15 is 0 Å². The Hall–Kier alpha value is -4.30. The van der Waals surface area contributed by atoms with Crippen molar-refractivity contribution in [1.82, 2.24) is 15.1 Å². The highest BCUT2D eigenvalue weighted by molar-refractivity contribution is 6.32. The van der Waals surface area contributed by atoms with Crippen molar-refractivity contribution in [3.05, 3.63) is 53.1 Å². The molecule has 13 heteroatoms. The molecule has 1 aliphatic heterocycles. The highest BCUT2D eigenvalue weighted by atomic mass is 16.5. The predicted octanol–water partition coefficient (Wildman–Crippen LogP) is -0.404. The molecule has 2 aromatic carbocycles. The maximum absolute atomic E-state index is 14.1. The number of carbonyl (C=O) groups excluding carboxylic acids is 6. The van der Waals surface area contributed by atoms with Crippen LogP contribution in [-0.4, -0.2) is 120 Å². The highest BCUT2D eigenvalue weighted by Crippen LogP contribution is 2.51. The number of primary amides is 1. The van der Waals surface area contributed by atoms with E-state index in [2.05, 4.69) is 10.2 Å². The summed E-state index contributed by atoms with van der Waals surface area (Å²) < 4.78 is 5.36. The molecular formula is C34H38N4O9. The monoisotopic (exact) mass is 646 g/mol. The zero-order chi connectivity index (χ0) is 33.8. The summed E-state index contributed by atoms with van der Waals surface area (Å²) in [6, 6.07) is 8.68. The van der Waals surface area contributed by atoms with Crippen LogP contribution in [0.2, 0.25) is 0 Å². The highest BCUT2D eigenvalue weighted by Gasteiger charge is 2.69. The second kappa shape index (κ2) is 12.4. The summed E-state index contributed by atoms with van der Waals surface area (Å²) in [4.78, 5) is 83.8. The van der Waals surface area contributed by atoms with Crippen LogP contribution in [0.3, 0.4) is 0 Å². The van der Waals surface area contributed by atoms with Gasteiger partial charge in [0.05, 0.1) is 30.7 Å². The number of nitrogens with one attached hydrogen (secondary N) is 1. The van der Waals surface area contributed by atoms with Crippen molar-refractivity contribution in [3.8, 4) is 16.9 Å². The molecule has 0 bridgehead atoms. The Labute approximate surface area is 271 Å². The van der Waals surface area contributed by atoms with Crippen LogP contribution < -0.4 is 11.1 Å². The van der Waals surface area contributed by atoms with E-state index in [-0.39, 0.29) is 30.1 Å². The minimum Gasteiger partial charge on any atom is -0.507 e. The molecule has 3 aliphatic carbocycles. The van der Waals surface area contributed by atoms with Gasteiger partial charge in [0.25, 0.3) is 5.91 Å². The molecule has 1 saturated heterocycles. The number of nitrogens with zero attached hydrogens (tertiary/aromatic N) is 2. The number of hydrogen-bond donors (Lipinski definition) is 4. The Morgan fingerprint density at radius 2 is 1.81 bits per heavy atom. The van der Waals surface area contributed by atoms with Crippen molar-refractivity contribution in [1.29, 1.82) is 0 Å². The summed E-state index contributed by atoms with van der Waals surface area (Å²) in [6.07, 6.45) is 0.0656. The smallest absolute Gasteiger partial charge is 0.251 e. The van der Waals surface area contributed by atoms with Crippen molar-refractivity contribution in [2.45, 2.75) is 24.5 Å². The third-order valence-electron chi connectivity index (χ3n) is 10.2. The first-order chi connectivity index (χ1) is 22.4. The molecule has 0 spiro atoms. The fourth-order valence-corrected chi connectivity index (χ4v) is 7.96. The number of phenols is 1. The number of ketones is 4. The van der Waals surface area contributed by atoms with Gasteiger partial charge in [0, 0.05) is 37.7 Å². The molecule has 13 nitrogen and oxygen atoms in total. The summed E-state index contributed by atoms with van der Waals surface area (Å²) in [5.41, 5.74) is 4.56. The lowest BCUT2D eigenvalue weighted by Gasteiger charge is -2.52. The number of carbonyl (C=O) groups is 6. The number of amides is 2. The number of likely N-dealkylation sites (N-methyl/N-ethyl adjacent to an activating group) is 1. The van der Waals surface area contributed by atoms with Crippen LogP contribution in [0.4, 0.5) is 0 Å². The lowest BCUT2D eigenvalue weighted by atomic mass is 9.52. The van der Waals surface area contributed by atoms with Gasteiger partial charge < -0.3 is 26.0 Å². The molecule has 4 unspecified atom stereocenters. The van der Waals surface area contributed by atoms with Gasteiger partial charge in [0.1, 0.15) is 5.75 Å². The van der Waals surface area contributed by atoms with E-state index in [1.165, 1.54) is 25.1 Å². The normalized spacial score (nSPS) is 29.2. The largest absolute Gasteiger partial charge is 0.507 e. The number of fused-ring (bicyclic) bond motifs is 3. The Morgan fingerprint density at radius 1 is 1.09 bits per heavy atom. The number of ether oxygens (including phenoxy) is 1. The van der Waals surface area contributed by atoms with Gasteiger partial charge in [-0.15, -0.1) is 0 Å². The van der Waals surface area contributed by atoms with E-state index in [0.29, 0.717) is 48.6 Å². The first kappa shape index (κ1) is 32.6. The summed E-state index contributed by atoms with van der Waals surface area (Å²) in [6.45, 7) is 4.08. The van der Waals surface area contributed by atoms with Gasteiger partial charge in [0.15, 0.2) is 34.7 Å². The van der Waals surface area contributed by atoms with Gasteiger partial charge in [-0.2, -0.15) is 0 Å². The zero-order valence-corrected chi connectivity index (χ0v) is 26.2. The number of morpholine rings is 1. The summed E-state index contributed by atoms with van der Waals surface area (Å²) in [7, 11) is 3.08. The first-order valence-corrected chi connectivity index (χ1v) is 15.7. The van der Waals surface area contributed by atoms with Gasteiger partial charge >= 0.3 is 0 Å². The van der Waals surface area contributed by atoms with Crippen molar-refractivity contribution in [3.63, 3.8) is 0 Å². The maximum atomic E-state index is 14.1. The van der Waals surface area contributed by atoms with E-state index in [4.69, 9.17) is 10.5 Å². The van der Waals surface area contributed by atoms with E-state index in [0.717, 1.165) is 13.1 Å². The van der Waals surface area contributed by atoms with E-state index in [1.54, 1.807) is 30.3 Å². The number of rotatable bonds is 7. The molecule has 2 saturated carbocycles. The van der Waals surface area contributed by atoms with Crippen LogP contribution >= 0.6 is 0 Å². The predicted molar refractivity (Wildman–Crippen MR) is 166 cm³/mol. The number of Topliss-reactive ketones (excluding diaryl/α,β-unsaturated/α-hetero) is 4. The van der Waals surface area contributed by atoms with Crippen LogP contribution in [0, 0.1) is 23.7 Å². The Balaban J connectivity index is 1.32. The Bertz CT molecular complexity index is 1680. The standard InChI is InChI=1S/C34H38N4O9/c1-37(2)27-22-16-19-15-21-20(17-4-3-5-18(14-17)33(45)36-8-9-38-10-12-47-13-11-38)6-7-23(39)25(21)28(40)24(19)30(42)34(22,46)31(43)26(29(27)41)32(35)44/h3-7,14,19,22,24,26-27,39,46H,8-13,15-16H2,1-2H3,(H2,35,44)(H,36,45)/t19?,22?,24?,26?,27-,34-/m0/s1. The molecule has 0 radical (unpaired) electrons. The fourth-order valence-electron chi connectivity index (χ4n) is 7.96. The summed E-state index contributed by atoms with van der Waals surface area (Å²) in [5.74, 6) is -11.3. The van der Waals surface area contributed by atoms with Crippen LogP contribution in [0.5, 0.6) is 5.75 Å². The fraction of sp³-hybridized carbons (Fsp3) is 0.471. The topological polar surface area (TPSA) is 197 Å². The molecule has 1 heterocycles. The molecule has 3 fully saturated rings. The molecule has 5 N–H and O–H groups in total. The number of nitrogens with two attached hydrogens (primary N) is 1. The first-order valence-electron chi connectivity index (χ1n) is 15.7. The van der Waals surface area contributed by atoms with Crippen molar-refractivity contribution < 1.29 is 43.7 Å². The second-order valence-electron chi connectivity index (χ2n) is 13.1. The number of phenolic OH excluding ortho intramolecular Hbond substituents is 1. The zero-order valence-electron chi connectivity index (χ0n) is 26.2. The Kier molecular flexibility index (Phi) is 8.60. The quantitative estimate of drug-likeness (QED) is 0.286. The third-order valence-corrected chi connectivity index (χ3v) is 10.2. The van der Waals surface area contributed by atoms with E-state index in [9.17, 15) is 39.0 Å². The maximum Gasteiger partial charge on any atom is 0.251 e. The molecule has 2 aromatic rings. The summed E-state index contributed by atoms with van der Waals surface area (Å²) >= 11 is 0. The number of hydrogen-bond acceptors (Lipinski definition) is 11. The van der Waals surface area contributed by atoms with Crippen LogP contribution in [0.15, 0.2) is 36.4 Å². The van der Waals surface area contributed by atoms with Crippen LogP contribution in [0.25, 0.3) is 11.1 Å². The second-order valence-corrected chi connectivity index (χ2v) is 13.1. The van der Waals surface area contributed by atoms with Crippen molar-refractivity contribution in [2.75, 3.05) is 53.5 Å². The molecule has 4 aliphatic rings. The van der Waals surface area contributed by atoms with Gasteiger partial charge in [-0.05, 0) is 67.7 Å². The number of aromatic hydroxyl groups is 1. The van der Waals surface area contributed by atoms with E-state index < -0.39 is 64.4 Å². The molecule has 47 heavy (non-hydrogen) atoms. The minimum atomic E-state index is -2.78. The number of aliphatic hydroxyl groups is 1. The summed E-state index contributed by atoms with van der Waals surface area (Å²) in [5, 5.41) is 25.6. The van der Waals surface area contributed by atoms with Crippen molar-refractivity contribution in [2.24, 2.45) is 29.4 Å². The molecule has 6 atom stereocenters. The average molecular weight is 647 g/mol. The average Bonchev–Trinajstić information content (AvgIpc) is 3.03. The molecular weight excluding hydrogens is 608 g/mol. The molecule has 0 aromatic heterocycles. The lowest BCUT2D eigenvalue weighted by molar-refractivity contribution is -0.181. The molecule has 248 valence electrons. The minimum absolute atomic E-state index is 0.0510. The lowest BCUT2D eigenvalue weighted by Crippen LogP contribution is -2.74. The molecule has 6 rings (SSSR count). The van der Waals surface area contributed by atoms with Gasteiger partial charge in [-0.25, -0.2) is 0 Å². The van der Waals surface area contributed by atoms with Crippen LogP contribution in [-0.2, 0) is 30.3 Å². The van der Waals surface area contributed by atoms with Crippen LogP contribution in [0.1, 0.15) is 32.7 Å². The number of benzene rings is 2. The van der Waals surface area contributed by atoms with Gasteiger partial charge in [0.2, 0.25) is 5.91 Å². The van der Waals surface area contributed by atoms with E-state index in [1.807, 2.05) is 0 Å². The molecule has 2 amide bonds. The van der Waals surface area contributed by atoms with Crippen molar-refractivity contribution >= 4 is 34.9 Å². The Morgan fingerprint density at radius 3 is 2.49 bits per heavy atom. The van der Waals surface area contributed by atoms with Gasteiger partial charge in [-0.1, -0.05) is 18.2 Å².